The van der Waals surface area contributed by atoms with Gasteiger partial charge in [0.25, 0.3) is 0 Å². The highest BCUT2D eigenvalue weighted by atomic mass is 32.2. The Hall–Kier alpha value is -2.01. The number of aromatic nitrogens is 1. The number of hydrogen-bond acceptors (Lipinski definition) is 5. The SMILES string of the molecule is NS(=O)(=O)c1ccc2sc(CO)nc2c1-c1ccc(C(F)(F)F)cc1. The molecule has 0 amide bonds. The Labute approximate surface area is 144 Å². The molecule has 2 aromatic carbocycles. The summed E-state index contributed by atoms with van der Waals surface area (Å²) in [5.74, 6) is 0. The van der Waals surface area contributed by atoms with Crippen molar-refractivity contribution in [2.45, 2.75) is 17.7 Å². The molecule has 3 aromatic rings. The monoisotopic (exact) mass is 388 g/mol. The Balaban J connectivity index is 2.30. The van der Waals surface area contributed by atoms with Crippen molar-refractivity contribution in [1.29, 1.82) is 0 Å². The van der Waals surface area contributed by atoms with Crippen LogP contribution in [0.15, 0.2) is 41.3 Å². The van der Waals surface area contributed by atoms with Crippen molar-refractivity contribution in [1.82, 2.24) is 4.98 Å². The van der Waals surface area contributed by atoms with E-state index >= 15 is 0 Å². The van der Waals surface area contributed by atoms with E-state index in [9.17, 15) is 26.7 Å². The number of nitrogens with zero attached hydrogens (tertiary/aromatic N) is 1. The van der Waals surface area contributed by atoms with Crippen LogP contribution in [0, 0.1) is 0 Å². The number of alkyl halides is 3. The number of rotatable bonds is 3. The van der Waals surface area contributed by atoms with Gasteiger partial charge in [0.1, 0.15) is 5.01 Å². The predicted molar refractivity (Wildman–Crippen MR) is 87.4 cm³/mol. The first-order valence-electron chi connectivity index (χ1n) is 6.85. The van der Waals surface area contributed by atoms with Gasteiger partial charge in [-0.15, -0.1) is 11.3 Å². The number of benzene rings is 2. The van der Waals surface area contributed by atoms with Crippen LogP contribution in [-0.4, -0.2) is 18.5 Å². The maximum atomic E-state index is 12.7. The number of hydrogen-bond donors (Lipinski definition) is 2. The zero-order valence-electron chi connectivity index (χ0n) is 12.4. The van der Waals surface area contributed by atoms with Crippen LogP contribution in [0.1, 0.15) is 10.6 Å². The zero-order valence-corrected chi connectivity index (χ0v) is 14.0. The molecular formula is C15H11F3N2O3S2. The standard InChI is InChI=1S/C15H11F3N2O3S2/c16-15(17,18)9-3-1-8(2-4-9)13-11(25(19,22)23)6-5-10-14(13)20-12(7-21)24-10/h1-6,21H,7H2,(H2,19,22,23). The fourth-order valence-corrected chi connectivity index (χ4v) is 4.02. The summed E-state index contributed by atoms with van der Waals surface area (Å²) in [6.07, 6.45) is -4.50. The van der Waals surface area contributed by atoms with Crippen molar-refractivity contribution in [2.24, 2.45) is 5.14 Å². The molecular weight excluding hydrogens is 377 g/mol. The molecule has 0 bridgehead atoms. The Morgan fingerprint density at radius 3 is 2.28 bits per heavy atom. The molecule has 0 atom stereocenters. The minimum absolute atomic E-state index is 0.115. The average molecular weight is 388 g/mol. The lowest BCUT2D eigenvalue weighted by molar-refractivity contribution is -0.137. The van der Waals surface area contributed by atoms with Crippen LogP contribution in [0.5, 0.6) is 0 Å². The molecule has 3 N–H and O–H groups in total. The summed E-state index contributed by atoms with van der Waals surface area (Å²) < 4.78 is 62.6. The molecule has 132 valence electrons. The molecule has 25 heavy (non-hydrogen) atoms. The second-order valence-corrected chi connectivity index (χ2v) is 7.82. The summed E-state index contributed by atoms with van der Waals surface area (Å²) >= 11 is 1.16. The van der Waals surface area contributed by atoms with Gasteiger partial charge < -0.3 is 5.11 Å². The van der Waals surface area contributed by atoms with Gasteiger partial charge >= 0.3 is 6.18 Å². The summed E-state index contributed by atoms with van der Waals surface area (Å²) in [5.41, 5.74) is -0.239. The first-order valence-corrected chi connectivity index (χ1v) is 9.21. The van der Waals surface area contributed by atoms with Crippen molar-refractivity contribution >= 4 is 31.6 Å². The number of fused-ring (bicyclic) bond motifs is 1. The van der Waals surface area contributed by atoms with E-state index in [1.807, 2.05) is 0 Å². The van der Waals surface area contributed by atoms with Crippen molar-refractivity contribution in [3.05, 3.63) is 47.0 Å². The number of thiazole rings is 1. The third-order valence-corrected chi connectivity index (χ3v) is 5.47. The van der Waals surface area contributed by atoms with Gasteiger partial charge in [-0.3, -0.25) is 0 Å². The maximum absolute atomic E-state index is 12.7. The molecule has 0 saturated heterocycles. The highest BCUT2D eigenvalue weighted by Gasteiger charge is 2.30. The van der Waals surface area contributed by atoms with Crippen LogP contribution >= 0.6 is 11.3 Å². The molecule has 0 fully saturated rings. The van der Waals surface area contributed by atoms with Gasteiger partial charge in [-0.25, -0.2) is 18.5 Å². The van der Waals surface area contributed by atoms with Crippen LogP contribution < -0.4 is 5.14 Å². The molecule has 1 aromatic heterocycles. The van der Waals surface area contributed by atoms with Crippen molar-refractivity contribution in [3.63, 3.8) is 0 Å². The molecule has 10 heteroatoms. The van der Waals surface area contributed by atoms with Gasteiger partial charge in [0.2, 0.25) is 10.0 Å². The molecule has 0 aliphatic heterocycles. The number of aliphatic hydroxyl groups is 1. The summed E-state index contributed by atoms with van der Waals surface area (Å²) in [7, 11) is -4.13. The number of primary sulfonamides is 1. The van der Waals surface area contributed by atoms with Crippen molar-refractivity contribution in [3.8, 4) is 11.1 Å². The van der Waals surface area contributed by atoms with E-state index in [2.05, 4.69) is 4.98 Å². The van der Waals surface area contributed by atoms with Gasteiger partial charge in [-0.1, -0.05) is 12.1 Å². The lowest BCUT2D eigenvalue weighted by Gasteiger charge is -2.11. The molecule has 0 saturated carbocycles. The first kappa shape index (κ1) is 17.8. The van der Waals surface area contributed by atoms with E-state index in [4.69, 9.17) is 5.14 Å². The average Bonchev–Trinajstić information content (AvgIpc) is 2.95. The Morgan fingerprint density at radius 2 is 1.76 bits per heavy atom. The van der Waals surface area contributed by atoms with E-state index in [1.54, 1.807) is 0 Å². The minimum atomic E-state index is -4.50. The van der Waals surface area contributed by atoms with Gasteiger partial charge in [-0.05, 0) is 29.8 Å². The third-order valence-electron chi connectivity index (χ3n) is 3.51. The Kier molecular flexibility index (Phi) is 4.31. The summed E-state index contributed by atoms with van der Waals surface area (Å²) in [6, 6.07) is 6.85. The minimum Gasteiger partial charge on any atom is -0.389 e. The van der Waals surface area contributed by atoms with Crippen LogP contribution in [0.25, 0.3) is 21.3 Å². The summed E-state index contributed by atoms with van der Waals surface area (Å²) in [5, 5.41) is 14.8. The lowest BCUT2D eigenvalue weighted by atomic mass is 10.0. The third kappa shape index (κ3) is 3.38. The largest absolute Gasteiger partial charge is 0.416 e. The van der Waals surface area contributed by atoms with E-state index in [-0.39, 0.29) is 28.1 Å². The van der Waals surface area contributed by atoms with E-state index in [1.165, 1.54) is 24.3 Å². The van der Waals surface area contributed by atoms with Gasteiger partial charge in [-0.2, -0.15) is 13.2 Å². The van der Waals surface area contributed by atoms with Crippen LogP contribution in [0.4, 0.5) is 13.2 Å². The quantitative estimate of drug-likeness (QED) is 0.721. The van der Waals surface area contributed by atoms with E-state index in [0.717, 1.165) is 23.5 Å². The molecule has 0 unspecified atom stereocenters. The van der Waals surface area contributed by atoms with Crippen molar-refractivity contribution in [2.75, 3.05) is 0 Å². The highest BCUT2D eigenvalue weighted by molar-refractivity contribution is 7.89. The second-order valence-electron chi connectivity index (χ2n) is 5.17. The number of aliphatic hydroxyl groups excluding tert-OH is 1. The highest BCUT2D eigenvalue weighted by Crippen LogP contribution is 2.38. The lowest BCUT2D eigenvalue weighted by Crippen LogP contribution is -2.13. The number of sulfonamides is 1. The Morgan fingerprint density at radius 1 is 1.12 bits per heavy atom. The number of nitrogens with two attached hydrogens (primary N) is 1. The second kappa shape index (κ2) is 6.06. The van der Waals surface area contributed by atoms with Crippen LogP contribution in [-0.2, 0) is 22.8 Å². The molecule has 0 radical (unpaired) electrons. The number of halogens is 3. The fourth-order valence-electron chi connectivity index (χ4n) is 2.43. The molecule has 0 aliphatic rings. The maximum Gasteiger partial charge on any atom is 0.416 e. The first-order chi connectivity index (χ1) is 11.6. The predicted octanol–water partition coefficient (Wildman–Crippen LogP) is 3.12. The molecule has 0 aliphatic carbocycles. The normalized spacial score (nSPS) is 12.7. The van der Waals surface area contributed by atoms with E-state index < -0.39 is 21.8 Å². The van der Waals surface area contributed by atoms with E-state index in [0.29, 0.717) is 9.71 Å². The fraction of sp³-hybridized carbons (Fsp3) is 0.133. The summed E-state index contributed by atoms with van der Waals surface area (Å²) in [4.78, 5) is 3.94. The Bertz CT molecular complexity index is 1040. The molecule has 3 rings (SSSR count). The van der Waals surface area contributed by atoms with Gasteiger partial charge in [0.05, 0.1) is 27.3 Å². The van der Waals surface area contributed by atoms with Crippen LogP contribution in [0.3, 0.4) is 0 Å². The van der Waals surface area contributed by atoms with Gasteiger partial charge in [0.15, 0.2) is 0 Å². The van der Waals surface area contributed by atoms with Gasteiger partial charge in [0, 0.05) is 5.56 Å². The topological polar surface area (TPSA) is 93.3 Å². The molecule has 5 nitrogen and oxygen atoms in total. The zero-order chi connectivity index (χ0) is 18.4. The van der Waals surface area contributed by atoms with Crippen LogP contribution in [0.2, 0.25) is 0 Å². The summed E-state index contributed by atoms with van der Waals surface area (Å²) in [6.45, 7) is -0.337. The van der Waals surface area contributed by atoms with Crippen molar-refractivity contribution < 1.29 is 26.7 Å². The molecule has 0 spiro atoms. The smallest absolute Gasteiger partial charge is 0.389 e. The molecule has 1 heterocycles.